The number of carboxylic acid groups (broad SMARTS) is 1. The summed E-state index contributed by atoms with van der Waals surface area (Å²) in [5, 5.41) is 17.5. The number of carboxylic acids is 1. The molecule has 5 heteroatoms. The molecule has 1 fully saturated rings. The number of carbonyl (C=O) groups is 2. The summed E-state index contributed by atoms with van der Waals surface area (Å²) < 4.78 is 0. The number of rotatable bonds is 3. The summed E-state index contributed by atoms with van der Waals surface area (Å²) >= 11 is 0. The maximum Gasteiger partial charge on any atom is 0.308 e. The Hall–Kier alpha value is -2.35. The van der Waals surface area contributed by atoms with Gasteiger partial charge in [0.2, 0.25) is 0 Å². The van der Waals surface area contributed by atoms with Gasteiger partial charge in [-0.25, -0.2) is 0 Å². The van der Waals surface area contributed by atoms with Crippen LogP contribution >= 0.6 is 0 Å². The van der Waals surface area contributed by atoms with Crippen LogP contribution in [0.2, 0.25) is 0 Å². The molecule has 1 aromatic rings. The van der Waals surface area contributed by atoms with Crippen molar-refractivity contribution in [3.63, 3.8) is 0 Å². The van der Waals surface area contributed by atoms with Crippen molar-refractivity contribution in [3.05, 3.63) is 35.4 Å². The number of carbonyl (C=O) groups excluding carboxylic acids is 1. The van der Waals surface area contributed by atoms with Crippen LogP contribution in [0.5, 0.6) is 0 Å². The Kier molecular flexibility index (Phi) is 3.81. The standard InChI is InChI=1S/C14H14N2O3/c15-7-5-10-1-3-11(4-2-10)13(17)16-8-6-12(9-16)14(18)19/h1-4,12H,5-6,8-9H2,(H,18,19). The lowest BCUT2D eigenvalue weighted by atomic mass is 10.1. The van der Waals surface area contributed by atoms with Crippen molar-refractivity contribution >= 4 is 11.9 Å². The van der Waals surface area contributed by atoms with Crippen LogP contribution in [0.25, 0.3) is 0 Å². The molecule has 0 radical (unpaired) electrons. The number of nitrogens with zero attached hydrogens (tertiary/aromatic N) is 2. The summed E-state index contributed by atoms with van der Waals surface area (Å²) in [6.45, 7) is 0.754. The van der Waals surface area contributed by atoms with E-state index in [1.165, 1.54) is 0 Å². The Morgan fingerprint density at radius 3 is 2.58 bits per heavy atom. The largest absolute Gasteiger partial charge is 0.481 e. The van der Waals surface area contributed by atoms with Crippen LogP contribution in [-0.4, -0.2) is 35.0 Å². The van der Waals surface area contributed by atoms with Gasteiger partial charge in [0.15, 0.2) is 0 Å². The van der Waals surface area contributed by atoms with E-state index in [2.05, 4.69) is 0 Å². The average Bonchev–Trinajstić information content (AvgIpc) is 2.89. The van der Waals surface area contributed by atoms with Gasteiger partial charge in [-0.05, 0) is 24.1 Å². The minimum atomic E-state index is -0.848. The topological polar surface area (TPSA) is 81.4 Å². The van der Waals surface area contributed by atoms with Gasteiger partial charge in [-0.15, -0.1) is 0 Å². The summed E-state index contributed by atoms with van der Waals surface area (Å²) in [4.78, 5) is 24.6. The molecule has 0 aliphatic carbocycles. The van der Waals surface area contributed by atoms with Gasteiger partial charge in [0.25, 0.3) is 5.91 Å². The summed E-state index contributed by atoms with van der Waals surface area (Å²) in [6.07, 6.45) is 0.826. The highest BCUT2D eigenvalue weighted by atomic mass is 16.4. The number of likely N-dealkylation sites (tertiary alicyclic amines) is 1. The predicted molar refractivity (Wildman–Crippen MR) is 67.4 cm³/mol. The van der Waals surface area contributed by atoms with Crippen LogP contribution in [0.15, 0.2) is 24.3 Å². The zero-order valence-electron chi connectivity index (χ0n) is 10.4. The molecule has 98 valence electrons. The zero-order chi connectivity index (χ0) is 13.8. The van der Waals surface area contributed by atoms with Crippen molar-refractivity contribution in [1.29, 1.82) is 5.26 Å². The first-order chi connectivity index (χ1) is 9.11. The minimum absolute atomic E-state index is 0.146. The highest BCUT2D eigenvalue weighted by Crippen LogP contribution is 2.19. The van der Waals surface area contributed by atoms with E-state index in [9.17, 15) is 9.59 Å². The monoisotopic (exact) mass is 258 g/mol. The molecule has 5 nitrogen and oxygen atoms in total. The molecule has 1 N–H and O–H groups in total. The Labute approximate surface area is 111 Å². The van der Waals surface area contributed by atoms with Crippen LogP contribution in [-0.2, 0) is 11.2 Å². The lowest BCUT2D eigenvalue weighted by molar-refractivity contribution is -0.141. The van der Waals surface area contributed by atoms with Crippen molar-refractivity contribution < 1.29 is 14.7 Å². The van der Waals surface area contributed by atoms with Gasteiger partial charge < -0.3 is 10.0 Å². The van der Waals surface area contributed by atoms with E-state index in [0.29, 0.717) is 24.9 Å². The van der Waals surface area contributed by atoms with Crippen molar-refractivity contribution in [2.24, 2.45) is 5.92 Å². The molecule has 2 rings (SSSR count). The molecular formula is C14H14N2O3. The molecule has 19 heavy (non-hydrogen) atoms. The second-order valence-electron chi connectivity index (χ2n) is 4.61. The molecule has 0 aromatic heterocycles. The number of benzene rings is 1. The zero-order valence-corrected chi connectivity index (χ0v) is 10.4. The van der Waals surface area contributed by atoms with E-state index in [0.717, 1.165) is 5.56 Å². The number of aliphatic carboxylic acids is 1. The van der Waals surface area contributed by atoms with Crippen LogP contribution in [0.4, 0.5) is 0 Å². The maximum atomic E-state index is 12.2. The number of hydrogen-bond acceptors (Lipinski definition) is 3. The van der Waals surface area contributed by atoms with E-state index < -0.39 is 11.9 Å². The van der Waals surface area contributed by atoms with Crippen LogP contribution in [0.3, 0.4) is 0 Å². The normalized spacial score (nSPS) is 18.1. The molecule has 1 aliphatic heterocycles. The van der Waals surface area contributed by atoms with Gasteiger partial charge in [-0.3, -0.25) is 9.59 Å². The predicted octanol–water partition coefficient (Wildman–Crippen LogP) is 1.30. The van der Waals surface area contributed by atoms with E-state index >= 15 is 0 Å². The molecule has 0 spiro atoms. The third-order valence-electron chi connectivity index (χ3n) is 3.31. The van der Waals surface area contributed by atoms with Crippen molar-refractivity contribution in [1.82, 2.24) is 4.90 Å². The Morgan fingerprint density at radius 1 is 1.37 bits per heavy atom. The molecule has 1 atom stereocenters. The summed E-state index contributed by atoms with van der Waals surface area (Å²) in [5.41, 5.74) is 1.40. The summed E-state index contributed by atoms with van der Waals surface area (Å²) in [7, 11) is 0. The maximum absolute atomic E-state index is 12.2. The number of amides is 1. The molecule has 0 bridgehead atoms. The van der Waals surface area contributed by atoms with Crippen molar-refractivity contribution in [3.8, 4) is 6.07 Å². The molecule has 1 aliphatic rings. The third-order valence-corrected chi connectivity index (χ3v) is 3.31. The fraction of sp³-hybridized carbons (Fsp3) is 0.357. The van der Waals surface area contributed by atoms with E-state index in [4.69, 9.17) is 10.4 Å². The van der Waals surface area contributed by atoms with Crippen LogP contribution < -0.4 is 0 Å². The van der Waals surface area contributed by atoms with Gasteiger partial charge >= 0.3 is 5.97 Å². The fourth-order valence-corrected chi connectivity index (χ4v) is 2.19. The second-order valence-corrected chi connectivity index (χ2v) is 4.61. The molecule has 0 saturated carbocycles. The van der Waals surface area contributed by atoms with Gasteiger partial charge in [0, 0.05) is 18.7 Å². The molecular weight excluding hydrogens is 244 g/mol. The van der Waals surface area contributed by atoms with Gasteiger partial charge in [-0.2, -0.15) is 5.26 Å². The quantitative estimate of drug-likeness (QED) is 0.886. The SMILES string of the molecule is N#CCc1ccc(C(=O)N2CCC(C(=O)O)C2)cc1. The average molecular weight is 258 g/mol. The molecule has 1 amide bonds. The van der Waals surface area contributed by atoms with Gasteiger partial charge in [-0.1, -0.05) is 12.1 Å². The number of nitriles is 1. The van der Waals surface area contributed by atoms with Gasteiger partial charge in [0.1, 0.15) is 0 Å². The third kappa shape index (κ3) is 2.91. The minimum Gasteiger partial charge on any atom is -0.481 e. The first-order valence-corrected chi connectivity index (χ1v) is 6.10. The highest BCUT2D eigenvalue weighted by Gasteiger charge is 2.31. The van der Waals surface area contributed by atoms with E-state index in [1.807, 2.05) is 6.07 Å². The van der Waals surface area contributed by atoms with Gasteiger partial charge in [0.05, 0.1) is 18.4 Å². The number of hydrogen-bond donors (Lipinski definition) is 1. The van der Waals surface area contributed by atoms with Crippen LogP contribution in [0, 0.1) is 17.2 Å². The lowest BCUT2D eigenvalue weighted by Gasteiger charge is -2.15. The highest BCUT2D eigenvalue weighted by molar-refractivity contribution is 5.94. The first-order valence-electron chi connectivity index (χ1n) is 6.10. The second kappa shape index (κ2) is 5.53. The summed E-state index contributed by atoms with van der Waals surface area (Å²) in [5.74, 6) is -1.45. The van der Waals surface area contributed by atoms with Crippen LogP contribution in [0.1, 0.15) is 22.3 Å². The lowest BCUT2D eigenvalue weighted by Crippen LogP contribution is -2.29. The Bertz CT molecular complexity index is 531. The summed E-state index contributed by atoms with van der Waals surface area (Å²) in [6, 6.07) is 8.92. The van der Waals surface area contributed by atoms with E-state index in [-0.39, 0.29) is 12.5 Å². The molecule has 1 aromatic carbocycles. The van der Waals surface area contributed by atoms with Crippen molar-refractivity contribution in [2.75, 3.05) is 13.1 Å². The first kappa shape index (κ1) is 13.1. The molecule has 1 unspecified atom stereocenters. The Morgan fingerprint density at radius 2 is 2.05 bits per heavy atom. The molecule has 1 saturated heterocycles. The molecule has 1 heterocycles. The van der Waals surface area contributed by atoms with E-state index in [1.54, 1.807) is 29.2 Å². The fourth-order valence-electron chi connectivity index (χ4n) is 2.19. The van der Waals surface area contributed by atoms with Crippen molar-refractivity contribution in [2.45, 2.75) is 12.8 Å². The smallest absolute Gasteiger partial charge is 0.308 e. The Balaban J connectivity index is 2.04.